The van der Waals surface area contributed by atoms with Crippen LogP contribution in [0.3, 0.4) is 0 Å². The Morgan fingerprint density at radius 3 is 2.39 bits per heavy atom. The summed E-state index contributed by atoms with van der Waals surface area (Å²) < 4.78 is 0.731. The van der Waals surface area contributed by atoms with Crippen LogP contribution >= 0.6 is 15.9 Å². The molecule has 0 aliphatic carbocycles. The lowest BCUT2D eigenvalue weighted by atomic mass is 10.3. The highest BCUT2D eigenvalue weighted by molar-refractivity contribution is 9.10. The number of hydrogen-bond donors (Lipinski definition) is 5. The number of benzene rings is 2. The lowest BCUT2D eigenvalue weighted by molar-refractivity contribution is 0.222. The third kappa shape index (κ3) is 9.22. The lowest BCUT2D eigenvalue weighted by Gasteiger charge is -2.16. The fraction of sp³-hybridized carbons (Fsp3) is 0.333. The van der Waals surface area contributed by atoms with E-state index in [1.54, 1.807) is 6.20 Å². The molecule has 0 bridgehead atoms. The fourth-order valence-electron chi connectivity index (χ4n) is 3.67. The number of carbonyl (C=O) groups is 2. The van der Waals surface area contributed by atoms with Crippen molar-refractivity contribution in [2.45, 2.75) is 33.1 Å². The summed E-state index contributed by atoms with van der Waals surface area (Å²) in [6.45, 7) is 6.71. The Morgan fingerprint density at radius 2 is 1.63 bits per heavy atom. The summed E-state index contributed by atoms with van der Waals surface area (Å²) in [6, 6.07) is 16.4. The van der Waals surface area contributed by atoms with Crippen molar-refractivity contribution in [3.05, 3.63) is 65.3 Å². The first-order chi connectivity index (χ1) is 18.6. The van der Waals surface area contributed by atoms with E-state index >= 15 is 0 Å². The van der Waals surface area contributed by atoms with Gasteiger partial charge in [-0.3, -0.25) is 0 Å². The molecule has 1 aliphatic heterocycles. The Labute approximate surface area is 232 Å². The number of anilines is 5. The van der Waals surface area contributed by atoms with Gasteiger partial charge >= 0.3 is 12.1 Å². The zero-order valence-corrected chi connectivity index (χ0v) is 23.3. The van der Waals surface area contributed by atoms with Gasteiger partial charge in [-0.2, -0.15) is 4.98 Å². The van der Waals surface area contributed by atoms with Gasteiger partial charge in [0.2, 0.25) is 5.95 Å². The van der Waals surface area contributed by atoms with Crippen LogP contribution in [0.15, 0.2) is 65.3 Å². The third-order valence-corrected chi connectivity index (χ3v) is 6.05. The van der Waals surface area contributed by atoms with E-state index in [2.05, 4.69) is 52.5 Å². The van der Waals surface area contributed by atoms with E-state index in [4.69, 9.17) is 0 Å². The highest BCUT2D eigenvalue weighted by Gasteiger charge is 2.17. The molecule has 0 saturated carbocycles. The maximum Gasteiger partial charge on any atom is 0.321 e. The molecular weight excluding hydrogens is 548 g/mol. The standard InChI is InChI=1S/C25H29BrN8O2.C2H6/c26-21-17-29-23(30-19-10-6-11-20(16-19)32-25(36)34-14-4-5-15-34)33-22(21)27-12-7-13-28-24(35)31-18-8-2-1-3-9-18;1-2/h1-3,6,8-11,16-17H,4-5,7,12-15H2,(H,32,36)(H2,28,31,35)(H2,27,29,30,33);1-2H3. The van der Waals surface area contributed by atoms with E-state index in [9.17, 15) is 9.59 Å². The van der Waals surface area contributed by atoms with Crippen molar-refractivity contribution >= 4 is 56.8 Å². The summed E-state index contributed by atoms with van der Waals surface area (Å²) in [5.41, 5.74) is 2.21. The number of amides is 4. The monoisotopic (exact) mass is 582 g/mol. The van der Waals surface area contributed by atoms with Crippen LogP contribution in [0.5, 0.6) is 0 Å². The van der Waals surface area contributed by atoms with E-state index in [1.807, 2.05) is 73.3 Å². The maximum atomic E-state index is 12.4. The number of nitrogens with zero attached hydrogens (tertiary/aromatic N) is 3. The summed E-state index contributed by atoms with van der Waals surface area (Å²) in [5.74, 6) is 1.06. The molecule has 0 atom stereocenters. The number of aromatic nitrogens is 2. The molecule has 4 amide bonds. The van der Waals surface area contributed by atoms with Gasteiger partial charge in [-0.25, -0.2) is 14.6 Å². The topological polar surface area (TPSA) is 123 Å². The van der Waals surface area contributed by atoms with Gasteiger partial charge in [0.25, 0.3) is 0 Å². The van der Waals surface area contributed by atoms with E-state index in [0.717, 1.165) is 41.8 Å². The molecule has 38 heavy (non-hydrogen) atoms. The molecule has 5 N–H and O–H groups in total. The Hall–Kier alpha value is -3.86. The van der Waals surface area contributed by atoms with Crippen LogP contribution < -0.4 is 26.6 Å². The van der Waals surface area contributed by atoms with Gasteiger partial charge in [0.05, 0.1) is 4.47 Å². The van der Waals surface area contributed by atoms with Crippen LogP contribution in [0.25, 0.3) is 0 Å². The molecule has 0 radical (unpaired) electrons. The molecule has 1 fully saturated rings. The second kappa shape index (κ2) is 15.4. The molecule has 4 rings (SSSR count). The molecule has 0 spiro atoms. The second-order valence-electron chi connectivity index (χ2n) is 8.25. The largest absolute Gasteiger partial charge is 0.369 e. The van der Waals surface area contributed by atoms with Crippen LogP contribution in [0.2, 0.25) is 0 Å². The number of halogens is 1. The van der Waals surface area contributed by atoms with Crippen LogP contribution in [-0.4, -0.2) is 53.1 Å². The van der Waals surface area contributed by atoms with Gasteiger partial charge in [-0.05, 0) is 65.5 Å². The molecule has 2 aromatic carbocycles. The average Bonchev–Trinajstić information content (AvgIpc) is 3.48. The second-order valence-corrected chi connectivity index (χ2v) is 9.10. The minimum absolute atomic E-state index is 0.0805. The molecular formula is C27H35BrN8O2. The van der Waals surface area contributed by atoms with Crippen LogP contribution in [0.1, 0.15) is 33.1 Å². The average molecular weight is 584 g/mol. The van der Waals surface area contributed by atoms with E-state index < -0.39 is 0 Å². The molecule has 202 valence electrons. The third-order valence-electron chi connectivity index (χ3n) is 5.47. The zero-order chi connectivity index (χ0) is 27.2. The number of carbonyl (C=O) groups excluding carboxylic acids is 2. The van der Waals surface area contributed by atoms with Gasteiger partial charge in [-0.1, -0.05) is 38.1 Å². The van der Waals surface area contributed by atoms with E-state index in [1.165, 1.54) is 0 Å². The fourth-order valence-corrected chi connectivity index (χ4v) is 4.00. The minimum atomic E-state index is -0.241. The highest BCUT2D eigenvalue weighted by Crippen LogP contribution is 2.23. The van der Waals surface area contributed by atoms with Gasteiger partial charge in [-0.15, -0.1) is 0 Å². The summed E-state index contributed by atoms with van der Waals surface area (Å²) in [5, 5.41) is 15.0. The normalized spacial score (nSPS) is 12.1. The van der Waals surface area contributed by atoms with E-state index in [0.29, 0.717) is 37.0 Å². The number of likely N-dealkylation sites (tertiary alicyclic amines) is 1. The van der Waals surface area contributed by atoms with Gasteiger partial charge in [0, 0.05) is 49.4 Å². The number of nitrogens with one attached hydrogen (secondary N) is 5. The number of urea groups is 2. The molecule has 1 aliphatic rings. The Bertz CT molecular complexity index is 1170. The summed E-state index contributed by atoms with van der Waals surface area (Å²) in [6.07, 6.45) is 4.47. The quantitative estimate of drug-likeness (QED) is 0.190. The smallest absolute Gasteiger partial charge is 0.321 e. The minimum Gasteiger partial charge on any atom is -0.369 e. The molecule has 1 saturated heterocycles. The van der Waals surface area contributed by atoms with Crippen molar-refractivity contribution in [3.63, 3.8) is 0 Å². The van der Waals surface area contributed by atoms with Gasteiger partial charge in [0.15, 0.2) is 0 Å². The van der Waals surface area contributed by atoms with Crippen LogP contribution in [0, 0.1) is 0 Å². The molecule has 2 heterocycles. The molecule has 1 aromatic heterocycles. The molecule has 3 aromatic rings. The summed E-state index contributed by atoms with van der Waals surface area (Å²) in [7, 11) is 0. The van der Waals surface area contributed by atoms with Crippen LogP contribution in [0.4, 0.5) is 38.4 Å². The summed E-state index contributed by atoms with van der Waals surface area (Å²) >= 11 is 3.47. The first-order valence-electron chi connectivity index (χ1n) is 12.9. The number of hydrogen-bond acceptors (Lipinski definition) is 6. The first kappa shape index (κ1) is 28.7. The number of para-hydroxylation sites is 1. The Morgan fingerprint density at radius 1 is 0.921 bits per heavy atom. The Balaban J connectivity index is 0.00000195. The molecule has 0 unspecified atom stereocenters. The van der Waals surface area contributed by atoms with Crippen molar-refractivity contribution in [1.29, 1.82) is 0 Å². The number of rotatable bonds is 9. The maximum absolute atomic E-state index is 12.4. The SMILES string of the molecule is CC.O=C(NCCCNc1nc(Nc2cccc(NC(=O)N3CCCC3)c2)ncc1Br)Nc1ccccc1. The highest BCUT2D eigenvalue weighted by atomic mass is 79.9. The molecule has 11 heteroatoms. The van der Waals surface area contributed by atoms with Crippen molar-refractivity contribution in [1.82, 2.24) is 20.2 Å². The zero-order valence-electron chi connectivity index (χ0n) is 21.8. The lowest BCUT2D eigenvalue weighted by Crippen LogP contribution is -2.32. The van der Waals surface area contributed by atoms with Gasteiger partial charge < -0.3 is 31.5 Å². The van der Waals surface area contributed by atoms with Crippen molar-refractivity contribution < 1.29 is 9.59 Å². The first-order valence-corrected chi connectivity index (χ1v) is 13.7. The van der Waals surface area contributed by atoms with Gasteiger partial charge in [0.1, 0.15) is 5.82 Å². The Kier molecular flexibility index (Phi) is 11.6. The van der Waals surface area contributed by atoms with Crippen molar-refractivity contribution in [2.75, 3.05) is 47.4 Å². The predicted octanol–water partition coefficient (Wildman–Crippen LogP) is 6.26. The van der Waals surface area contributed by atoms with E-state index in [-0.39, 0.29) is 12.1 Å². The van der Waals surface area contributed by atoms with Crippen molar-refractivity contribution in [3.8, 4) is 0 Å². The summed E-state index contributed by atoms with van der Waals surface area (Å²) in [4.78, 5) is 35.0. The van der Waals surface area contributed by atoms with Crippen LogP contribution in [-0.2, 0) is 0 Å². The van der Waals surface area contributed by atoms with Crippen molar-refractivity contribution in [2.24, 2.45) is 0 Å². The predicted molar refractivity (Wildman–Crippen MR) is 157 cm³/mol. The molecule has 10 nitrogen and oxygen atoms in total.